The van der Waals surface area contributed by atoms with Gasteiger partial charge in [-0.05, 0) is 58.2 Å². The molecule has 1 atom stereocenters. The lowest BCUT2D eigenvalue weighted by Gasteiger charge is -2.33. The Hall–Kier alpha value is -3.27. The smallest absolute Gasteiger partial charge is 0.243 e. The van der Waals surface area contributed by atoms with Crippen molar-refractivity contribution in [1.29, 1.82) is 0 Å². The molecule has 1 heterocycles. The summed E-state index contributed by atoms with van der Waals surface area (Å²) in [6.45, 7) is 10.1. The van der Waals surface area contributed by atoms with Gasteiger partial charge >= 0.3 is 0 Å². The third-order valence-electron chi connectivity index (χ3n) is 6.12. The SMILES string of the molecule is CC[C@@H](C(=O)NC(C)(C)C)N(Cc1cccc(C)c1)C(=O)CCCN(c1ccc2c(c1)OCO2)S(C)(=O)=O. The van der Waals surface area contributed by atoms with Gasteiger partial charge in [-0.25, -0.2) is 8.42 Å². The Morgan fingerprint density at radius 2 is 1.79 bits per heavy atom. The lowest BCUT2D eigenvalue weighted by molar-refractivity contribution is -0.142. The third kappa shape index (κ3) is 7.86. The first-order valence-electron chi connectivity index (χ1n) is 12.8. The van der Waals surface area contributed by atoms with E-state index in [4.69, 9.17) is 9.47 Å². The van der Waals surface area contributed by atoms with E-state index in [0.29, 0.717) is 23.6 Å². The highest BCUT2D eigenvalue weighted by Crippen LogP contribution is 2.36. The van der Waals surface area contributed by atoms with E-state index in [-0.39, 0.29) is 44.5 Å². The number of carbonyl (C=O) groups excluding carboxylic acids is 2. The van der Waals surface area contributed by atoms with Gasteiger partial charge in [0.1, 0.15) is 6.04 Å². The fourth-order valence-electron chi connectivity index (χ4n) is 4.42. The maximum Gasteiger partial charge on any atom is 0.243 e. The quantitative estimate of drug-likeness (QED) is 0.458. The van der Waals surface area contributed by atoms with Crippen molar-refractivity contribution in [3.63, 3.8) is 0 Å². The molecule has 0 spiro atoms. The lowest BCUT2D eigenvalue weighted by Crippen LogP contribution is -2.53. The topological polar surface area (TPSA) is 105 Å². The fourth-order valence-corrected chi connectivity index (χ4v) is 5.38. The molecular formula is C28H39N3O6S. The van der Waals surface area contributed by atoms with E-state index in [2.05, 4.69) is 5.32 Å². The number of ether oxygens (including phenoxy) is 2. The van der Waals surface area contributed by atoms with Crippen LogP contribution in [0.4, 0.5) is 5.69 Å². The first kappa shape index (κ1) is 29.3. The molecule has 2 amide bonds. The second kappa shape index (κ2) is 12.1. The number of sulfonamides is 1. The Labute approximate surface area is 226 Å². The normalized spacial score (nSPS) is 13.6. The number of carbonyl (C=O) groups is 2. The number of hydrogen-bond acceptors (Lipinski definition) is 6. The number of aryl methyl sites for hydroxylation is 1. The maximum atomic E-state index is 13.6. The largest absolute Gasteiger partial charge is 0.454 e. The molecule has 9 nitrogen and oxygen atoms in total. The van der Waals surface area contributed by atoms with Crippen LogP contribution in [0.2, 0.25) is 0 Å². The van der Waals surface area contributed by atoms with Gasteiger partial charge in [0.25, 0.3) is 0 Å². The molecule has 0 saturated carbocycles. The van der Waals surface area contributed by atoms with Crippen LogP contribution in [0.5, 0.6) is 11.5 Å². The van der Waals surface area contributed by atoms with Gasteiger partial charge in [0.15, 0.2) is 11.5 Å². The van der Waals surface area contributed by atoms with Gasteiger partial charge in [-0.2, -0.15) is 0 Å². The van der Waals surface area contributed by atoms with Gasteiger partial charge in [-0.15, -0.1) is 0 Å². The van der Waals surface area contributed by atoms with Crippen LogP contribution in [0.3, 0.4) is 0 Å². The molecule has 1 aliphatic heterocycles. The molecule has 10 heteroatoms. The van der Waals surface area contributed by atoms with E-state index in [9.17, 15) is 18.0 Å². The summed E-state index contributed by atoms with van der Waals surface area (Å²) in [5.74, 6) is 0.621. The summed E-state index contributed by atoms with van der Waals surface area (Å²) in [6.07, 6.45) is 1.95. The van der Waals surface area contributed by atoms with Crippen LogP contribution >= 0.6 is 0 Å². The van der Waals surface area contributed by atoms with Gasteiger partial charge in [-0.1, -0.05) is 36.8 Å². The van der Waals surface area contributed by atoms with Crippen molar-refractivity contribution in [3.05, 3.63) is 53.6 Å². The molecule has 208 valence electrons. The van der Waals surface area contributed by atoms with Crippen LogP contribution in [0, 0.1) is 6.92 Å². The number of rotatable bonds is 11. The number of benzene rings is 2. The summed E-state index contributed by atoms with van der Waals surface area (Å²) in [6, 6.07) is 12.1. The number of nitrogens with zero attached hydrogens (tertiary/aromatic N) is 2. The van der Waals surface area contributed by atoms with Crippen molar-refractivity contribution in [2.24, 2.45) is 0 Å². The van der Waals surface area contributed by atoms with Crippen LogP contribution < -0.4 is 19.1 Å². The molecule has 0 bridgehead atoms. The molecule has 1 aliphatic rings. The Bertz CT molecular complexity index is 1260. The molecule has 2 aromatic rings. The summed E-state index contributed by atoms with van der Waals surface area (Å²) in [4.78, 5) is 28.3. The maximum absolute atomic E-state index is 13.6. The van der Waals surface area contributed by atoms with E-state index in [1.165, 1.54) is 4.31 Å². The van der Waals surface area contributed by atoms with Crippen molar-refractivity contribution in [2.45, 2.75) is 72.0 Å². The second-order valence-corrected chi connectivity index (χ2v) is 12.6. The zero-order chi connectivity index (χ0) is 28.1. The van der Waals surface area contributed by atoms with E-state index >= 15 is 0 Å². The minimum atomic E-state index is -3.61. The standard InChI is InChI=1S/C28H39N3O6S/c1-7-23(27(33)29-28(3,4)5)30(18-21-11-8-10-20(2)16-21)26(32)12-9-15-31(38(6,34)35)22-13-14-24-25(17-22)37-19-36-24/h8,10-11,13-14,16-17,23H,7,9,12,15,18-19H2,1-6H3,(H,29,33)/t23-/m0/s1. The summed E-state index contributed by atoms with van der Waals surface area (Å²) in [5, 5.41) is 3.00. The number of amides is 2. The van der Waals surface area contributed by atoms with Crippen molar-refractivity contribution in [2.75, 3.05) is 23.9 Å². The summed E-state index contributed by atoms with van der Waals surface area (Å²) >= 11 is 0. The molecule has 38 heavy (non-hydrogen) atoms. The van der Waals surface area contributed by atoms with E-state index < -0.39 is 21.6 Å². The summed E-state index contributed by atoms with van der Waals surface area (Å²) in [5.41, 5.74) is 1.99. The van der Waals surface area contributed by atoms with Crippen LogP contribution in [0.25, 0.3) is 0 Å². The molecular weight excluding hydrogens is 506 g/mol. The van der Waals surface area contributed by atoms with Gasteiger partial charge in [-0.3, -0.25) is 13.9 Å². The second-order valence-electron chi connectivity index (χ2n) is 10.7. The average molecular weight is 546 g/mol. The van der Waals surface area contributed by atoms with E-state index in [0.717, 1.165) is 17.4 Å². The lowest BCUT2D eigenvalue weighted by atomic mass is 10.0. The number of fused-ring (bicyclic) bond motifs is 1. The number of hydrogen-bond donors (Lipinski definition) is 1. The Morgan fingerprint density at radius 1 is 1.08 bits per heavy atom. The van der Waals surface area contributed by atoms with Crippen LogP contribution in [0.15, 0.2) is 42.5 Å². The van der Waals surface area contributed by atoms with Crippen molar-refractivity contribution in [3.8, 4) is 11.5 Å². The Kier molecular flexibility index (Phi) is 9.30. The number of nitrogens with one attached hydrogen (secondary N) is 1. The highest BCUT2D eigenvalue weighted by atomic mass is 32.2. The first-order chi connectivity index (χ1) is 17.8. The highest BCUT2D eigenvalue weighted by Gasteiger charge is 2.31. The van der Waals surface area contributed by atoms with Gasteiger partial charge in [0.05, 0.1) is 11.9 Å². The zero-order valence-corrected chi connectivity index (χ0v) is 23.9. The van der Waals surface area contributed by atoms with Crippen molar-refractivity contribution < 1.29 is 27.5 Å². The minimum absolute atomic E-state index is 0.0850. The zero-order valence-electron chi connectivity index (χ0n) is 23.1. The molecule has 0 aliphatic carbocycles. The van der Waals surface area contributed by atoms with E-state index in [1.807, 2.05) is 58.9 Å². The number of anilines is 1. The molecule has 0 saturated heterocycles. The molecule has 0 unspecified atom stereocenters. The average Bonchev–Trinajstić information content (AvgIpc) is 3.27. The van der Waals surface area contributed by atoms with Gasteiger partial charge < -0.3 is 19.7 Å². The molecule has 0 fully saturated rings. The molecule has 1 N–H and O–H groups in total. The fraction of sp³-hybridized carbons (Fsp3) is 0.500. The molecule has 2 aromatic carbocycles. The molecule has 0 radical (unpaired) electrons. The van der Waals surface area contributed by atoms with E-state index in [1.54, 1.807) is 23.1 Å². The minimum Gasteiger partial charge on any atom is -0.454 e. The Balaban J connectivity index is 1.78. The van der Waals surface area contributed by atoms with Crippen LogP contribution in [-0.2, 0) is 26.2 Å². The van der Waals surface area contributed by atoms with Crippen LogP contribution in [-0.4, -0.2) is 56.3 Å². The highest BCUT2D eigenvalue weighted by molar-refractivity contribution is 7.92. The van der Waals surface area contributed by atoms with Gasteiger partial charge in [0.2, 0.25) is 28.6 Å². The summed E-state index contributed by atoms with van der Waals surface area (Å²) in [7, 11) is -3.61. The first-order valence-corrected chi connectivity index (χ1v) is 14.7. The predicted octanol–water partition coefficient (Wildman–Crippen LogP) is 3.99. The van der Waals surface area contributed by atoms with Crippen molar-refractivity contribution in [1.82, 2.24) is 10.2 Å². The van der Waals surface area contributed by atoms with Crippen molar-refractivity contribution >= 4 is 27.5 Å². The van der Waals surface area contributed by atoms with Gasteiger partial charge in [0, 0.05) is 31.1 Å². The summed E-state index contributed by atoms with van der Waals surface area (Å²) < 4.78 is 37.2. The monoisotopic (exact) mass is 545 g/mol. The van der Waals surface area contributed by atoms with Crippen LogP contribution in [0.1, 0.15) is 58.1 Å². The molecule has 0 aromatic heterocycles. The third-order valence-corrected chi connectivity index (χ3v) is 7.31. The predicted molar refractivity (Wildman–Crippen MR) is 148 cm³/mol. The molecule has 3 rings (SSSR count). The Morgan fingerprint density at radius 3 is 2.42 bits per heavy atom.